The van der Waals surface area contributed by atoms with E-state index in [1.165, 1.54) is 11.3 Å². The lowest BCUT2D eigenvalue weighted by molar-refractivity contribution is -0.00174. The highest BCUT2D eigenvalue weighted by Crippen LogP contribution is 2.20. The number of likely N-dealkylation sites (tertiary alicyclic amines) is 1. The van der Waals surface area contributed by atoms with Gasteiger partial charge in [-0.05, 0) is 12.3 Å². The van der Waals surface area contributed by atoms with Gasteiger partial charge in [0.1, 0.15) is 5.69 Å². The molecule has 5 heteroatoms. The molecule has 88 valence electrons. The molecule has 0 radical (unpaired) electrons. The van der Waals surface area contributed by atoms with Crippen molar-refractivity contribution in [1.29, 1.82) is 0 Å². The fourth-order valence-corrected chi connectivity index (χ4v) is 2.53. The first-order valence-corrected chi connectivity index (χ1v) is 6.37. The van der Waals surface area contributed by atoms with Crippen LogP contribution in [0.25, 0.3) is 0 Å². The van der Waals surface area contributed by atoms with E-state index in [1.807, 2.05) is 4.90 Å². The minimum atomic E-state index is 0.0233. The molecule has 1 aliphatic heterocycles. The minimum absolute atomic E-state index is 0.0233. The van der Waals surface area contributed by atoms with Gasteiger partial charge in [-0.25, -0.2) is 4.98 Å². The molecule has 0 unspecified atom stereocenters. The summed E-state index contributed by atoms with van der Waals surface area (Å²) in [7, 11) is 1.71. The summed E-state index contributed by atoms with van der Waals surface area (Å²) in [5, 5.41) is 1.79. The molecule has 0 N–H and O–H groups in total. The second-order valence-electron chi connectivity index (χ2n) is 4.16. The lowest BCUT2D eigenvalue weighted by Gasteiger charge is -2.35. The van der Waals surface area contributed by atoms with Crippen LogP contribution in [-0.2, 0) is 4.74 Å². The maximum Gasteiger partial charge on any atom is 0.273 e. The summed E-state index contributed by atoms with van der Waals surface area (Å²) in [5.74, 6) is 0.541. The first kappa shape index (κ1) is 11.5. The van der Waals surface area contributed by atoms with E-state index in [4.69, 9.17) is 4.74 Å². The fraction of sp³-hybridized carbons (Fsp3) is 0.636. The van der Waals surface area contributed by atoms with Crippen LogP contribution in [0.5, 0.6) is 0 Å². The number of amides is 1. The van der Waals surface area contributed by atoms with Crippen LogP contribution in [0.4, 0.5) is 0 Å². The van der Waals surface area contributed by atoms with Crippen molar-refractivity contribution in [2.45, 2.75) is 19.4 Å². The molecule has 0 aliphatic carbocycles. The Balaban J connectivity index is 2.03. The van der Waals surface area contributed by atoms with Crippen molar-refractivity contribution in [3.05, 3.63) is 16.6 Å². The Bertz CT molecular complexity index is 353. The Labute approximate surface area is 99.2 Å². The molecule has 4 nitrogen and oxygen atoms in total. The standard InChI is InChI=1S/C11H16N2O2S/c1-8-3-4-13(5-10(8)15-2)11(14)9-6-16-7-12-9/h6-8,10H,3-5H2,1-2H3/t8-,10-/m1/s1. The first-order valence-electron chi connectivity index (χ1n) is 5.42. The summed E-state index contributed by atoms with van der Waals surface area (Å²) in [6.07, 6.45) is 1.14. The third-order valence-corrected chi connectivity index (χ3v) is 3.72. The van der Waals surface area contributed by atoms with Gasteiger partial charge in [0.15, 0.2) is 0 Å². The van der Waals surface area contributed by atoms with E-state index in [1.54, 1.807) is 18.0 Å². The summed E-state index contributed by atoms with van der Waals surface area (Å²) in [6, 6.07) is 0. The maximum atomic E-state index is 12.0. The van der Waals surface area contributed by atoms with Crippen LogP contribution in [0.3, 0.4) is 0 Å². The Morgan fingerprint density at radius 1 is 1.69 bits per heavy atom. The molecule has 1 amide bonds. The van der Waals surface area contributed by atoms with Gasteiger partial charge < -0.3 is 9.64 Å². The summed E-state index contributed by atoms with van der Waals surface area (Å²) in [4.78, 5) is 17.9. The monoisotopic (exact) mass is 240 g/mol. The zero-order valence-electron chi connectivity index (χ0n) is 9.55. The van der Waals surface area contributed by atoms with E-state index in [0.29, 0.717) is 18.2 Å². The third kappa shape index (κ3) is 2.25. The van der Waals surface area contributed by atoms with Crippen LogP contribution < -0.4 is 0 Å². The largest absolute Gasteiger partial charge is 0.379 e. The maximum absolute atomic E-state index is 12.0. The molecule has 16 heavy (non-hydrogen) atoms. The normalized spacial score (nSPS) is 25.8. The van der Waals surface area contributed by atoms with Crippen LogP contribution in [0.15, 0.2) is 10.9 Å². The van der Waals surface area contributed by atoms with Crippen LogP contribution in [0, 0.1) is 5.92 Å². The quantitative estimate of drug-likeness (QED) is 0.789. The Morgan fingerprint density at radius 2 is 2.50 bits per heavy atom. The fourth-order valence-electron chi connectivity index (χ4n) is 2.01. The van der Waals surface area contributed by atoms with Crippen molar-refractivity contribution in [2.75, 3.05) is 20.2 Å². The Kier molecular flexibility index (Phi) is 3.56. The predicted octanol–water partition coefficient (Wildman–Crippen LogP) is 1.64. The summed E-state index contributed by atoms with van der Waals surface area (Å²) in [6.45, 7) is 3.64. The summed E-state index contributed by atoms with van der Waals surface area (Å²) in [5.41, 5.74) is 2.24. The molecular weight excluding hydrogens is 224 g/mol. The lowest BCUT2D eigenvalue weighted by Crippen LogP contribution is -2.46. The molecule has 2 atom stereocenters. The molecule has 0 saturated carbocycles. The zero-order valence-corrected chi connectivity index (χ0v) is 10.4. The van der Waals surface area contributed by atoms with E-state index in [2.05, 4.69) is 11.9 Å². The molecule has 2 rings (SSSR count). The zero-order chi connectivity index (χ0) is 11.5. The lowest BCUT2D eigenvalue weighted by atomic mass is 9.95. The number of methoxy groups -OCH3 is 1. The number of carbonyl (C=O) groups excluding carboxylic acids is 1. The van der Waals surface area contributed by atoms with Crippen molar-refractivity contribution in [1.82, 2.24) is 9.88 Å². The second kappa shape index (κ2) is 4.93. The van der Waals surface area contributed by atoms with Gasteiger partial charge in [0.25, 0.3) is 5.91 Å². The average Bonchev–Trinajstić information content (AvgIpc) is 2.82. The Hall–Kier alpha value is -0.940. The SMILES string of the molecule is CO[C@@H]1CN(C(=O)c2cscn2)CC[C@H]1C. The van der Waals surface area contributed by atoms with Gasteiger partial charge in [0.05, 0.1) is 11.6 Å². The number of hydrogen-bond donors (Lipinski definition) is 0. The smallest absolute Gasteiger partial charge is 0.273 e. The van der Waals surface area contributed by atoms with Crippen molar-refractivity contribution >= 4 is 17.2 Å². The third-order valence-electron chi connectivity index (χ3n) is 3.13. The van der Waals surface area contributed by atoms with E-state index in [9.17, 15) is 4.79 Å². The van der Waals surface area contributed by atoms with E-state index in [-0.39, 0.29) is 12.0 Å². The molecule has 1 aromatic heterocycles. The second-order valence-corrected chi connectivity index (χ2v) is 4.88. The number of piperidine rings is 1. The molecule has 2 heterocycles. The van der Waals surface area contributed by atoms with E-state index >= 15 is 0 Å². The van der Waals surface area contributed by atoms with Gasteiger partial charge in [0, 0.05) is 25.6 Å². The molecule has 1 aliphatic rings. The summed E-state index contributed by atoms with van der Waals surface area (Å²) >= 11 is 1.45. The number of carbonyl (C=O) groups is 1. The Morgan fingerprint density at radius 3 is 3.12 bits per heavy atom. The minimum Gasteiger partial charge on any atom is -0.379 e. The van der Waals surface area contributed by atoms with E-state index < -0.39 is 0 Å². The summed E-state index contributed by atoms with van der Waals surface area (Å²) < 4.78 is 5.39. The molecule has 1 aromatic rings. The number of thiazole rings is 1. The molecule has 1 saturated heterocycles. The van der Waals surface area contributed by atoms with Crippen LogP contribution >= 0.6 is 11.3 Å². The number of aromatic nitrogens is 1. The molecule has 0 spiro atoms. The predicted molar refractivity (Wildman–Crippen MR) is 62.6 cm³/mol. The van der Waals surface area contributed by atoms with Gasteiger partial charge >= 0.3 is 0 Å². The van der Waals surface area contributed by atoms with Gasteiger partial charge in [0.2, 0.25) is 0 Å². The van der Waals surface area contributed by atoms with Crippen molar-refractivity contribution in [3.63, 3.8) is 0 Å². The highest BCUT2D eigenvalue weighted by atomic mass is 32.1. The van der Waals surface area contributed by atoms with Crippen molar-refractivity contribution in [3.8, 4) is 0 Å². The molecule has 1 fully saturated rings. The average molecular weight is 240 g/mol. The molecule has 0 bridgehead atoms. The number of ether oxygens (including phenoxy) is 1. The topological polar surface area (TPSA) is 42.4 Å². The van der Waals surface area contributed by atoms with Crippen LogP contribution in [0.1, 0.15) is 23.8 Å². The number of nitrogens with zero attached hydrogens (tertiary/aromatic N) is 2. The molecule has 0 aromatic carbocycles. The van der Waals surface area contributed by atoms with Gasteiger partial charge in [-0.3, -0.25) is 4.79 Å². The molecular formula is C11H16N2O2S. The highest BCUT2D eigenvalue weighted by molar-refractivity contribution is 7.07. The number of hydrogen-bond acceptors (Lipinski definition) is 4. The first-order chi connectivity index (χ1) is 7.72. The van der Waals surface area contributed by atoms with Gasteiger partial charge in [-0.1, -0.05) is 6.92 Å². The number of rotatable bonds is 2. The van der Waals surface area contributed by atoms with Crippen molar-refractivity contribution < 1.29 is 9.53 Å². The highest BCUT2D eigenvalue weighted by Gasteiger charge is 2.29. The van der Waals surface area contributed by atoms with Crippen molar-refractivity contribution in [2.24, 2.45) is 5.92 Å². The van der Waals surface area contributed by atoms with Crippen LogP contribution in [-0.4, -0.2) is 42.1 Å². The van der Waals surface area contributed by atoms with Gasteiger partial charge in [-0.15, -0.1) is 11.3 Å². The van der Waals surface area contributed by atoms with Gasteiger partial charge in [-0.2, -0.15) is 0 Å². The van der Waals surface area contributed by atoms with Crippen LogP contribution in [0.2, 0.25) is 0 Å². The van der Waals surface area contributed by atoms with E-state index in [0.717, 1.165) is 13.0 Å².